The van der Waals surface area contributed by atoms with E-state index in [1.54, 1.807) is 15.8 Å². The summed E-state index contributed by atoms with van der Waals surface area (Å²) >= 11 is 0. The molecule has 1 amide bonds. The smallest absolute Gasteiger partial charge is 0.394 e. The highest BCUT2D eigenvalue weighted by atomic mass is 19.4. The van der Waals surface area contributed by atoms with Crippen LogP contribution < -0.4 is 5.32 Å². The normalized spacial score (nSPS) is 18.6. The Morgan fingerprint density at radius 3 is 2.64 bits per heavy atom. The minimum absolute atomic E-state index is 0.0431. The number of anilines is 1. The van der Waals surface area contributed by atoms with E-state index in [2.05, 4.69) is 15.4 Å². The number of piperidine rings is 1. The molecule has 0 aromatic carbocycles. The van der Waals surface area contributed by atoms with E-state index in [0.29, 0.717) is 31.3 Å². The third-order valence-corrected chi connectivity index (χ3v) is 6.86. The second-order valence-electron chi connectivity index (χ2n) is 9.04. The van der Waals surface area contributed by atoms with E-state index in [9.17, 15) is 18.0 Å². The van der Waals surface area contributed by atoms with Crippen molar-refractivity contribution in [2.24, 2.45) is 5.41 Å². The highest BCUT2D eigenvalue weighted by molar-refractivity contribution is 5.93. The van der Waals surface area contributed by atoms with E-state index in [4.69, 9.17) is 5.11 Å². The van der Waals surface area contributed by atoms with Gasteiger partial charge in [0.15, 0.2) is 0 Å². The average molecular weight is 462 g/mol. The quantitative estimate of drug-likeness (QED) is 0.609. The van der Waals surface area contributed by atoms with Crippen LogP contribution in [0.15, 0.2) is 36.9 Å². The number of hydrogen-bond acceptors (Lipinski definition) is 5. The molecule has 2 aliphatic rings. The van der Waals surface area contributed by atoms with Crippen LogP contribution in [-0.2, 0) is 12.7 Å². The molecule has 0 unspecified atom stereocenters. The summed E-state index contributed by atoms with van der Waals surface area (Å²) in [6, 6.07) is 2.60. The first-order valence-electron chi connectivity index (χ1n) is 11.0. The van der Waals surface area contributed by atoms with E-state index >= 15 is 0 Å². The van der Waals surface area contributed by atoms with Crippen molar-refractivity contribution in [3.63, 3.8) is 0 Å². The lowest BCUT2D eigenvalue weighted by Gasteiger charge is -2.52. The molecule has 2 fully saturated rings. The molecule has 4 heterocycles. The molecular formula is C22H25F3N6O2. The Morgan fingerprint density at radius 2 is 1.94 bits per heavy atom. The number of fused-ring (bicyclic) bond motifs is 1. The monoisotopic (exact) mass is 462 g/mol. The maximum atomic E-state index is 13.1. The molecular weight excluding hydrogens is 437 g/mol. The zero-order chi connectivity index (χ0) is 23.2. The molecule has 3 aromatic heterocycles. The molecule has 3 aromatic rings. The van der Waals surface area contributed by atoms with E-state index in [0.717, 1.165) is 43.6 Å². The number of imidazole rings is 1. The summed E-state index contributed by atoms with van der Waals surface area (Å²) in [5.74, 6) is -0.290. The van der Waals surface area contributed by atoms with Crippen LogP contribution in [-0.4, -0.2) is 60.8 Å². The first-order valence-corrected chi connectivity index (χ1v) is 11.0. The van der Waals surface area contributed by atoms with Gasteiger partial charge in [-0.2, -0.15) is 18.3 Å². The molecule has 1 saturated heterocycles. The second-order valence-corrected chi connectivity index (χ2v) is 9.04. The van der Waals surface area contributed by atoms with Gasteiger partial charge in [-0.05, 0) is 43.2 Å². The first kappa shape index (κ1) is 21.7. The van der Waals surface area contributed by atoms with Crippen molar-refractivity contribution >= 4 is 17.2 Å². The number of aliphatic hydroxyl groups excluding tert-OH is 1. The number of amides is 1. The number of carbonyl (C=O) groups excluding carboxylic acids is 1. The molecule has 2 N–H and O–H groups in total. The molecule has 1 saturated carbocycles. The number of nitrogens with zero attached hydrogens (tertiary/aromatic N) is 5. The van der Waals surface area contributed by atoms with Crippen molar-refractivity contribution in [2.45, 2.75) is 44.4 Å². The number of aromatic nitrogens is 4. The fourth-order valence-electron chi connectivity index (χ4n) is 5.05. The number of likely N-dealkylation sites (tertiary alicyclic amines) is 1. The lowest BCUT2D eigenvalue weighted by molar-refractivity contribution is -0.137. The number of pyridine rings is 1. The number of aliphatic hydroxyl groups is 1. The van der Waals surface area contributed by atoms with Crippen LogP contribution in [0, 0.1) is 5.41 Å². The van der Waals surface area contributed by atoms with Gasteiger partial charge in [0.25, 0.3) is 5.91 Å². The maximum Gasteiger partial charge on any atom is 0.417 e. The standard InChI is InChI=1S/C22H25F3N6O2/c23-22(24,25)15-1-2-19-26-12-18(31(19)13-15)20(33)29-5-3-21(4-6-29)9-16(10-21)28-17-11-27-30(14-17)7-8-32/h1-2,11-14,16,28,32H,3-10H2. The van der Waals surface area contributed by atoms with Crippen molar-refractivity contribution in [3.8, 4) is 0 Å². The van der Waals surface area contributed by atoms with Crippen LogP contribution in [0.3, 0.4) is 0 Å². The highest BCUT2D eigenvalue weighted by Gasteiger charge is 2.46. The van der Waals surface area contributed by atoms with E-state index in [1.165, 1.54) is 16.7 Å². The number of rotatable bonds is 5. The molecule has 5 rings (SSSR count). The Bertz CT molecular complexity index is 1150. The van der Waals surface area contributed by atoms with Gasteiger partial charge in [0, 0.05) is 31.5 Å². The summed E-state index contributed by atoms with van der Waals surface area (Å²) < 4.78 is 42.2. The molecule has 33 heavy (non-hydrogen) atoms. The Labute approximate surface area is 188 Å². The predicted octanol–water partition coefficient (Wildman–Crippen LogP) is 3.04. The summed E-state index contributed by atoms with van der Waals surface area (Å²) in [7, 11) is 0. The SMILES string of the molecule is O=C(c1cnc2ccc(C(F)(F)F)cn12)N1CCC2(CC1)CC(Nc1cnn(CCO)c1)C2. The van der Waals surface area contributed by atoms with Gasteiger partial charge in [0.1, 0.15) is 11.3 Å². The van der Waals surface area contributed by atoms with Crippen LogP contribution in [0.1, 0.15) is 41.7 Å². The Hall–Kier alpha value is -3.08. The lowest BCUT2D eigenvalue weighted by atomic mass is 9.60. The van der Waals surface area contributed by atoms with Crippen molar-refractivity contribution in [3.05, 3.63) is 48.2 Å². The topological polar surface area (TPSA) is 87.7 Å². The Kier molecular flexibility index (Phi) is 5.31. The Balaban J connectivity index is 1.19. The van der Waals surface area contributed by atoms with Crippen LogP contribution in [0.25, 0.3) is 5.65 Å². The van der Waals surface area contributed by atoms with E-state index < -0.39 is 11.7 Å². The number of alkyl halides is 3. The highest BCUT2D eigenvalue weighted by Crippen LogP contribution is 2.50. The minimum atomic E-state index is -4.48. The molecule has 0 atom stereocenters. The summed E-state index contributed by atoms with van der Waals surface area (Å²) in [6.45, 7) is 1.66. The van der Waals surface area contributed by atoms with Gasteiger partial charge in [0.05, 0.1) is 36.8 Å². The number of carbonyl (C=O) groups is 1. The fourth-order valence-corrected chi connectivity index (χ4v) is 5.05. The van der Waals surface area contributed by atoms with E-state index in [-0.39, 0.29) is 23.6 Å². The molecule has 1 aliphatic heterocycles. The molecule has 1 aliphatic carbocycles. The summed E-state index contributed by atoms with van der Waals surface area (Å²) in [5, 5.41) is 16.7. The van der Waals surface area contributed by atoms with Gasteiger partial charge < -0.3 is 15.3 Å². The third kappa shape index (κ3) is 4.17. The molecule has 176 valence electrons. The number of halogens is 3. The average Bonchev–Trinajstić information content (AvgIpc) is 3.38. The van der Waals surface area contributed by atoms with Crippen molar-refractivity contribution < 1.29 is 23.1 Å². The predicted molar refractivity (Wildman–Crippen MR) is 114 cm³/mol. The molecule has 1 spiro atoms. The van der Waals surface area contributed by atoms with Crippen LogP contribution in [0.4, 0.5) is 18.9 Å². The van der Waals surface area contributed by atoms with Crippen molar-refractivity contribution in [1.82, 2.24) is 24.1 Å². The van der Waals surface area contributed by atoms with Crippen molar-refractivity contribution in [2.75, 3.05) is 25.0 Å². The maximum absolute atomic E-state index is 13.1. The summed E-state index contributed by atoms with van der Waals surface area (Å²) in [6.07, 6.45) is 5.17. The summed E-state index contributed by atoms with van der Waals surface area (Å²) in [4.78, 5) is 18.9. The third-order valence-electron chi connectivity index (χ3n) is 6.86. The zero-order valence-electron chi connectivity index (χ0n) is 17.9. The van der Waals surface area contributed by atoms with Gasteiger partial charge in [0.2, 0.25) is 0 Å². The minimum Gasteiger partial charge on any atom is -0.394 e. The molecule has 0 bridgehead atoms. The molecule has 0 radical (unpaired) electrons. The number of hydrogen-bond donors (Lipinski definition) is 2. The molecule has 11 heteroatoms. The van der Waals surface area contributed by atoms with Crippen molar-refractivity contribution in [1.29, 1.82) is 0 Å². The zero-order valence-corrected chi connectivity index (χ0v) is 17.9. The Morgan fingerprint density at radius 1 is 1.18 bits per heavy atom. The largest absolute Gasteiger partial charge is 0.417 e. The van der Waals surface area contributed by atoms with Gasteiger partial charge in [-0.25, -0.2) is 4.98 Å². The number of nitrogens with one attached hydrogen (secondary N) is 1. The van der Waals surface area contributed by atoms with Gasteiger partial charge in [-0.15, -0.1) is 0 Å². The van der Waals surface area contributed by atoms with Crippen LogP contribution in [0.2, 0.25) is 0 Å². The van der Waals surface area contributed by atoms with Crippen LogP contribution >= 0.6 is 0 Å². The molecule has 8 nitrogen and oxygen atoms in total. The first-order chi connectivity index (χ1) is 15.8. The van der Waals surface area contributed by atoms with Gasteiger partial charge in [-0.1, -0.05) is 0 Å². The lowest BCUT2D eigenvalue weighted by Crippen LogP contribution is -2.52. The van der Waals surface area contributed by atoms with Gasteiger partial charge >= 0.3 is 6.18 Å². The van der Waals surface area contributed by atoms with E-state index in [1.807, 2.05) is 6.20 Å². The summed E-state index contributed by atoms with van der Waals surface area (Å²) in [5.41, 5.74) is 0.782. The fraction of sp³-hybridized carbons (Fsp3) is 0.500. The van der Waals surface area contributed by atoms with Gasteiger partial charge in [-0.3, -0.25) is 13.9 Å². The van der Waals surface area contributed by atoms with Crippen LogP contribution in [0.5, 0.6) is 0 Å². The second kappa shape index (κ2) is 8.05.